The SMILES string of the molecule is NC(=O)COCCn1c(=S)[nH]c2cc(I)ccc21. The van der Waals surface area contributed by atoms with Crippen LogP contribution in [0.3, 0.4) is 0 Å². The normalized spacial score (nSPS) is 10.9. The van der Waals surface area contributed by atoms with E-state index in [0.717, 1.165) is 14.6 Å². The van der Waals surface area contributed by atoms with Crippen molar-refractivity contribution in [3.8, 4) is 0 Å². The maximum Gasteiger partial charge on any atom is 0.243 e. The number of rotatable bonds is 5. The number of nitrogens with two attached hydrogens (primary N) is 1. The molecule has 0 spiro atoms. The maximum absolute atomic E-state index is 10.5. The Balaban J connectivity index is 2.15. The predicted octanol–water partition coefficient (Wildman–Crippen LogP) is 1.81. The third kappa shape index (κ3) is 3.09. The summed E-state index contributed by atoms with van der Waals surface area (Å²) in [5, 5.41) is 0. The molecule has 0 aliphatic heterocycles. The van der Waals surface area contributed by atoms with E-state index < -0.39 is 5.91 Å². The summed E-state index contributed by atoms with van der Waals surface area (Å²) in [6.07, 6.45) is 0. The van der Waals surface area contributed by atoms with Crippen molar-refractivity contribution in [2.45, 2.75) is 6.54 Å². The van der Waals surface area contributed by atoms with Crippen LogP contribution in [0.25, 0.3) is 11.0 Å². The first-order valence-electron chi connectivity index (χ1n) is 5.32. The van der Waals surface area contributed by atoms with E-state index >= 15 is 0 Å². The van der Waals surface area contributed by atoms with Gasteiger partial charge < -0.3 is 20.0 Å². The highest BCUT2D eigenvalue weighted by molar-refractivity contribution is 14.1. The van der Waals surface area contributed by atoms with Crippen molar-refractivity contribution in [1.29, 1.82) is 0 Å². The monoisotopic (exact) mass is 377 g/mol. The number of carbonyl (C=O) groups excluding carboxylic acids is 1. The summed E-state index contributed by atoms with van der Waals surface area (Å²) in [6.45, 7) is 0.927. The molecule has 3 N–H and O–H groups in total. The maximum atomic E-state index is 10.5. The predicted molar refractivity (Wildman–Crippen MR) is 79.9 cm³/mol. The number of H-pyrrole nitrogens is 1. The number of fused-ring (bicyclic) bond motifs is 1. The number of aromatic amines is 1. The van der Waals surface area contributed by atoms with Gasteiger partial charge in [-0.25, -0.2) is 0 Å². The Hall–Kier alpha value is -0.930. The Bertz CT molecular complexity index is 635. The molecule has 0 saturated carbocycles. The standard InChI is InChI=1S/C11H12IN3O2S/c12-7-1-2-9-8(5-7)14-11(18)15(9)3-4-17-6-10(13)16/h1-2,5H,3-4,6H2,(H2,13,16)(H,14,18). The van der Waals surface area contributed by atoms with Gasteiger partial charge in [-0.3, -0.25) is 4.79 Å². The third-order valence-electron chi connectivity index (χ3n) is 2.44. The molecule has 0 atom stereocenters. The zero-order valence-corrected chi connectivity index (χ0v) is 12.5. The zero-order valence-electron chi connectivity index (χ0n) is 9.48. The van der Waals surface area contributed by atoms with Gasteiger partial charge >= 0.3 is 0 Å². The molecule has 1 heterocycles. The van der Waals surface area contributed by atoms with Gasteiger partial charge in [0, 0.05) is 10.1 Å². The Morgan fingerprint density at radius 3 is 3.06 bits per heavy atom. The fourth-order valence-electron chi connectivity index (χ4n) is 1.69. The van der Waals surface area contributed by atoms with E-state index in [9.17, 15) is 4.79 Å². The van der Waals surface area contributed by atoms with Crippen LogP contribution in [0.2, 0.25) is 0 Å². The summed E-state index contributed by atoms with van der Waals surface area (Å²) >= 11 is 7.51. The van der Waals surface area contributed by atoms with Gasteiger partial charge in [-0.1, -0.05) is 0 Å². The second-order valence-electron chi connectivity index (χ2n) is 3.76. The number of nitrogens with zero attached hydrogens (tertiary/aromatic N) is 1. The first kappa shape index (κ1) is 13.5. The molecule has 0 saturated heterocycles. The van der Waals surface area contributed by atoms with Crippen molar-refractivity contribution in [3.05, 3.63) is 26.5 Å². The van der Waals surface area contributed by atoms with Gasteiger partial charge in [0.15, 0.2) is 4.77 Å². The number of halogens is 1. The lowest BCUT2D eigenvalue weighted by Crippen LogP contribution is -2.19. The number of carbonyl (C=O) groups is 1. The van der Waals surface area contributed by atoms with Crippen LogP contribution < -0.4 is 5.73 Å². The van der Waals surface area contributed by atoms with E-state index in [0.29, 0.717) is 17.9 Å². The second kappa shape index (κ2) is 5.81. The molecule has 0 aliphatic rings. The van der Waals surface area contributed by atoms with Crippen LogP contribution >= 0.6 is 34.8 Å². The second-order valence-corrected chi connectivity index (χ2v) is 5.39. The average Bonchev–Trinajstić information content (AvgIpc) is 2.59. The fourth-order valence-corrected chi connectivity index (χ4v) is 2.48. The Morgan fingerprint density at radius 2 is 2.33 bits per heavy atom. The van der Waals surface area contributed by atoms with Gasteiger partial charge in [0.2, 0.25) is 5.91 Å². The van der Waals surface area contributed by atoms with E-state index in [1.165, 1.54) is 0 Å². The van der Waals surface area contributed by atoms with E-state index in [-0.39, 0.29) is 6.61 Å². The molecule has 0 unspecified atom stereocenters. The van der Waals surface area contributed by atoms with Crippen molar-refractivity contribution >= 4 is 51.7 Å². The molecule has 0 fully saturated rings. The van der Waals surface area contributed by atoms with E-state index in [2.05, 4.69) is 27.6 Å². The molecule has 2 rings (SSSR count). The minimum absolute atomic E-state index is 0.0619. The van der Waals surface area contributed by atoms with Crippen LogP contribution in [0.15, 0.2) is 18.2 Å². The van der Waals surface area contributed by atoms with Gasteiger partial charge in [0.1, 0.15) is 6.61 Å². The van der Waals surface area contributed by atoms with Crippen LogP contribution in [0, 0.1) is 8.34 Å². The number of hydrogen-bond donors (Lipinski definition) is 2. The molecule has 0 bridgehead atoms. The Kier molecular flexibility index (Phi) is 4.36. The highest BCUT2D eigenvalue weighted by atomic mass is 127. The largest absolute Gasteiger partial charge is 0.370 e. The minimum atomic E-state index is -0.466. The molecule has 1 aromatic carbocycles. The summed E-state index contributed by atoms with van der Waals surface area (Å²) in [5.41, 5.74) is 7.02. The topological polar surface area (TPSA) is 73.0 Å². The van der Waals surface area contributed by atoms with Crippen molar-refractivity contribution in [2.24, 2.45) is 5.73 Å². The molecular weight excluding hydrogens is 365 g/mol. The molecule has 96 valence electrons. The number of amides is 1. The lowest BCUT2D eigenvalue weighted by atomic mass is 10.3. The Morgan fingerprint density at radius 1 is 1.56 bits per heavy atom. The van der Waals surface area contributed by atoms with Gasteiger partial charge in [-0.05, 0) is 53.0 Å². The number of benzene rings is 1. The van der Waals surface area contributed by atoms with Crippen molar-refractivity contribution in [2.75, 3.05) is 13.2 Å². The molecule has 7 heteroatoms. The molecule has 18 heavy (non-hydrogen) atoms. The summed E-state index contributed by atoms with van der Waals surface area (Å²) in [7, 11) is 0. The molecule has 5 nitrogen and oxygen atoms in total. The zero-order chi connectivity index (χ0) is 13.1. The first-order chi connectivity index (χ1) is 8.58. The van der Waals surface area contributed by atoms with Crippen molar-refractivity contribution in [1.82, 2.24) is 9.55 Å². The summed E-state index contributed by atoms with van der Waals surface area (Å²) < 4.78 is 8.88. The van der Waals surface area contributed by atoms with Crippen LogP contribution in [0.4, 0.5) is 0 Å². The number of hydrogen-bond acceptors (Lipinski definition) is 3. The first-order valence-corrected chi connectivity index (χ1v) is 6.81. The van der Waals surface area contributed by atoms with E-state index in [4.69, 9.17) is 22.7 Å². The van der Waals surface area contributed by atoms with Gasteiger partial charge in [-0.15, -0.1) is 0 Å². The van der Waals surface area contributed by atoms with Crippen molar-refractivity contribution < 1.29 is 9.53 Å². The fraction of sp³-hybridized carbons (Fsp3) is 0.273. The highest BCUT2D eigenvalue weighted by Gasteiger charge is 2.04. The summed E-state index contributed by atoms with van der Waals surface area (Å²) in [5.74, 6) is -0.466. The molecule has 1 aromatic heterocycles. The smallest absolute Gasteiger partial charge is 0.243 e. The van der Waals surface area contributed by atoms with Crippen LogP contribution in [0.5, 0.6) is 0 Å². The average molecular weight is 377 g/mol. The molecule has 2 aromatic rings. The number of nitrogens with one attached hydrogen (secondary N) is 1. The van der Waals surface area contributed by atoms with Crippen molar-refractivity contribution in [3.63, 3.8) is 0 Å². The lowest BCUT2D eigenvalue weighted by molar-refractivity contribution is -0.122. The van der Waals surface area contributed by atoms with Crippen LogP contribution in [0.1, 0.15) is 0 Å². The molecule has 0 aliphatic carbocycles. The number of aromatic nitrogens is 2. The van der Waals surface area contributed by atoms with E-state index in [1.807, 2.05) is 22.8 Å². The summed E-state index contributed by atoms with van der Waals surface area (Å²) in [4.78, 5) is 13.7. The Labute approximate surface area is 122 Å². The number of imidazole rings is 1. The summed E-state index contributed by atoms with van der Waals surface area (Å²) in [6, 6.07) is 6.07. The molecule has 1 amide bonds. The van der Waals surface area contributed by atoms with Gasteiger partial charge in [0.05, 0.1) is 17.6 Å². The molecular formula is C11H12IN3O2S. The van der Waals surface area contributed by atoms with Crippen LogP contribution in [-0.4, -0.2) is 28.7 Å². The van der Waals surface area contributed by atoms with Gasteiger partial charge in [0.25, 0.3) is 0 Å². The van der Waals surface area contributed by atoms with Crippen LogP contribution in [-0.2, 0) is 16.1 Å². The molecule has 0 radical (unpaired) electrons. The highest BCUT2D eigenvalue weighted by Crippen LogP contribution is 2.17. The number of ether oxygens (including phenoxy) is 1. The van der Waals surface area contributed by atoms with E-state index in [1.54, 1.807) is 0 Å². The minimum Gasteiger partial charge on any atom is -0.370 e. The number of primary amides is 1. The van der Waals surface area contributed by atoms with Gasteiger partial charge in [-0.2, -0.15) is 0 Å². The lowest BCUT2D eigenvalue weighted by Gasteiger charge is -2.04. The third-order valence-corrected chi connectivity index (χ3v) is 3.43. The quantitative estimate of drug-likeness (QED) is 0.474.